The maximum Gasteiger partial charge on any atom is 0.333 e. The van der Waals surface area contributed by atoms with Crippen LogP contribution in [-0.4, -0.2) is 25.8 Å². The maximum atomic E-state index is 11.1. The molecule has 20 heavy (non-hydrogen) atoms. The topological polar surface area (TPSA) is 35.5 Å². The van der Waals surface area contributed by atoms with Crippen LogP contribution in [0.4, 0.5) is 0 Å². The molecule has 0 heterocycles. The van der Waals surface area contributed by atoms with E-state index < -0.39 is 0 Å². The summed E-state index contributed by atoms with van der Waals surface area (Å²) in [6, 6.07) is 0. The van der Waals surface area contributed by atoms with E-state index in [4.69, 9.17) is 9.47 Å². The van der Waals surface area contributed by atoms with E-state index in [0.29, 0.717) is 12.2 Å². The van der Waals surface area contributed by atoms with Crippen LogP contribution in [0.5, 0.6) is 0 Å². The molecule has 118 valence electrons. The van der Waals surface area contributed by atoms with Crippen LogP contribution in [0.3, 0.4) is 0 Å². The molecule has 0 bridgehead atoms. The van der Waals surface area contributed by atoms with Crippen LogP contribution in [0.2, 0.25) is 0 Å². The average molecular weight is 284 g/mol. The van der Waals surface area contributed by atoms with Gasteiger partial charge in [-0.1, -0.05) is 52.0 Å². The van der Waals surface area contributed by atoms with E-state index in [1.54, 1.807) is 6.92 Å². The van der Waals surface area contributed by atoms with Crippen molar-refractivity contribution >= 4 is 5.97 Å². The van der Waals surface area contributed by atoms with Gasteiger partial charge in [-0.25, -0.2) is 4.79 Å². The number of carbonyl (C=O) groups is 1. The molecular weight excluding hydrogens is 252 g/mol. The van der Waals surface area contributed by atoms with E-state index >= 15 is 0 Å². The molecule has 0 aliphatic rings. The number of hydrogen-bond donors (Lipinski definition) is 0. The Balaban J connectivity index is 3.06. The van der Waals surface area contributed by atoms with Gasteiger partial charge in [0.25, 0.3) is 0 Å². The lowest BCUT2D eigenvalue weighted by atomic mass is 10.1. The highest BCUT2D eigenvalue weighted by Crippen LogP contribution is 2.08. The minimum atomic E-state index is -0.270. The first-order valence-electron chi connectivity index (χ1n) is 8.08. The molecule has 0 unspecified atom stereocenters. The molecule has 0 aliphatic heterocycles. The van der Waals surface area contributed by atoms with E-state index in [0.717, 1.165) is 26.1 Å². The predicted molar refractivity (Wildman–Crippen MR) is 83.8 cm³/mol. The van der Waals surface area contributed by atoms with Crippen molar-refractivity contribution in [2.75, 3.05) is 19.8 Å². The quantitative estimate of drug-likeness (QED) is 0.264. The molecule has 3 heteroatoms. The molecule has 0 saturated carbocycles. The summed E-state index contributed by atoms with van der Waals surface area (Å²) in [5.41, 5.74) is 0.478. The van der Waals surface area contributed by atoms with Crippen molar-refractivity contribution in [1.29, 1.82) is 0 Å². The molecule has 0 N–H and O–H groups in total. The second-order valence-electron chi connectivity index (χ2n) is 5.36. The Hall–Kier alpha value is -0.830. The molecule has 0 rings (SSSR count). The first kappa shape index (κ1) is 19.2. The van der Waals surface area contributed by atoms with Gasteiger partial charge in [-0.05, 0) is 26.2 Å². The van der Waals surface area contributed by atoms with Crippen molar-refractivity contribution < 1.29 is 14.3 Å². The molecule has 0 amide bonds. The van der Waals surface area contributed by atoms with Gasteiger partial charge >= 0.3 is 5.97 Å². The normalized spacial score (nSPS) is 10.5. The molecule has 0 radical (unpaired) electrons. The maximum absolute atomic E-state index is 11.1. The molecule has 0 aromatic carbocycles. The van der Waals surface area contributed by atoms with Crippen LogP contribution in [0.25, 0.3) is 0 Å². The number of unbranched alkanes of at least 4 members (excludes halogenated alkanes) is 7. The summed E-state index contributed by atoms with van der Waals surface area (Å²) in [5, 5.41) is 0. The van der Waals surface area contributed by atoms with E-state index in [2.05, 4.69) is 13.5 Å². The largest absolute Gasteiger partial charge is 0.462 e. The molecule has 0 spiro atoms. The van der Waals surface area contributed by atoms with Crippen LogP contribution in [0.1, 0.15) is 71.6 Å². The zero-order valence-corrected chi connectivity index (χ0v) is 13.4. The summed E-state index contributed by atoms with van der Waals surface area (Å²) >= 11 is 0. The number of esters is 1. The zero-order chi connectivity index (χ0) is 15.1. The standard InChI is InChI=1S/C17H32O3/c1-4-5-13-19-14-11-9-7-6-8-10-12-15-20-17(18)16(2)3/h2,4-15H2,1,3H3. The number of hydrogen-bond acceptors (Lipinski definition) is 3. The van der Waals surface area contributed by atoms with Crippen molar-refractivity contribution in [1.82, 2.24) is 0 Å². The lowest BCUT2D eigenvalue weighted by molar-refractivity contribution is -0.139. The van der Waals surface area contributed by atoms with Gasteiger partial charge < -0.3 is 9.47 Å². The number of ether oxygens (including phenoxy) is 2. The fraction of sp³-hybridized carbons (Fsp3) is 0.824. The first-order valence-corrected chi connectivity index (χ1v) is 8.08. The Morgan fingerprint density at radius 2 is 1.35 bits per heavy atom. The van der Waals surface area contributed by atoms with Gasteiger partial charge in [0.15, 0.2) is 0 Å². The summed E-state index contributed by atoms with van der Waals surface area (Å²) in [6.45, 7) is 9.76. The van der Waals surface area contributed by atoms with Crippen LogP contribution >= 0.6 is 0 Å². The molecule has 0 aromatic rings. The van der Waals surface area contributed by atoms with Gasteiger partial charge in [-0.3, -0.25) is 0 Å². The smallest absolute Gasteiger partial charge is 0.333 e. The lowest BCUT2D eigenvalue weighted by Crippen LogP contribution is -2.05. The summed E-state index contributed by atoms with van der Waals surface area (Å²) < 4.78 is 10.6. The Morgan fingerprint density at radius 1 is 0.850 bits per heavy atom. The van der Waals surface area contributed by atoms with E-state index in [1.165, 1.54) is 44.9 Å². The fourth-order valence-electron chi connectivity index (χ4n) is 1.83. The van der Waals surface area contributed by atoms with Gasteiger partial charge in [0.2, 0.25) is 0 Å². The summed E-state index contributed by atoms with van der Waals surface area (Å²) in [7, 11) is 0. The van der Waals surface area contributed by atoms with Gasteiger partial charge in [-0.15, -0.1) is 0 Å². The minimum Gasteiger partial charge on any atom is -0.462 e. The van der Waals surface area contributed by atoms with Crippen LogP contribution < -0.4 is 0 Å². The highest BCUT2D eigenvalue weighted by atomic mass is 16.5. The fourth-order valence-corrected chi connectivity index (χ4v) is 1.83. The van der Waals surface area contributed by atoms with Crippen LogP contribution in [0.15, 0.2) is 12.2 Å². The summed E-state index contributed by atoms with van der Waals surface area (Å²) in [5.74, 6) is -0.270. The third-order valence-corrected chi connectivity index (χ3v) is 3.16. The highest BCUT2D eigenvalue weighted by Gasteiger charge is 2.01. The second-order valence-corrected chi connectivity index (χ2v) is 5.36. The second kappa shape index (κ2) is 14.6. The Labute approximate surface area is 124 Å². The third-order valence-electron chi connectivity index (χ3n) is 3.16. The third kappa shape index (κ3) is 13.6. The predicted octanol–water partition coefficient (Wildman–Crippen LogP) is 4.65. The molecule has 0 aliphatic carbocycles. The van der Waals surface area contributed by atoms with E-state index in [9.17, 15) is 4.79 Å². The minimum absolute atomic E-state index is 0.270. The Kier molecular flexibility index (Phi) is 14.0. The number of carbonyl (C=O) groups excluding carboxylic acids is 1. The van der Waals surface area contributed by atoms with Gasteiger partial charge in [-0.2, -0.15) is 0 Å². The summed E-state index contributed by atoms with van der Waals surface area (Å²) in [6.07, 6.45) is 10.7. The Morgan fingerprint density at radius 3 is 1.90 bits per heavy atom. The molecular formula is C17H32O3. The van der Waals surface area contributed by atoms with Gasteiger partial charge in [0.1, 0.15) is 0 Å². The number of rotatable bonds is 14. The monoisotopic (exact) mass is 284 g/mol. The molecule has 0 fully saturated rings. The molecule has 0 aromatic heterocycles. The average Bonchev–Trinajstić information content (AvgIpc) is 2.43. The van der Waals surface area contributed by atoms with Crippen molar-refractivity contribution in [3.63, 3.8) is 0 Å². The molecule has 3 nitrogen and oxygen atoms in total. The highest BCUT2D eigenvalue weighted by molar-refractivity contribution is 5.86. The van der Waals surface area contributed by atoms with E-state index in [-0.39, 0.29) is 5.97 Å². The van der Waals surface area contributed by atoms with Crippen molar-refractivity contribution in [3.05, 3.63) is 12.2 Å². The first-order chi connectivity index (χ1) is 9.68. The Bertz CT molecular complexity index is 249. The molecule has 0 saturated heterocycles. The lowest BCUT2D eigenvalue weighted by Gasteiger charge is -2.05. The van der Waals surface area contributed by atoms with Gasteiger partial charge in [0.05, 0.1) is 6.61 Å². The van der Waals surface area contributed by atoms with Crippen molar-refractivity contribution in [2.24, 2.45) is 0 Å². The van der Waals surface area contributed by atoms with E-state index in [1.807, 2.05) is 0 Å². The van der Waals surface area contributed by atoms with Crippen LogP contribution in [0, 0.1) is 0 Å². The zero-order valence-electron chi connectivity index (χ0n) is 13.4. The SMILES string of the molecule is C=C(C)C(=O)OCCCCCCCCCOCCCC. The van der Waals surface area contributed by atoms with Crippen molar-refractivity contribution in [2.45, 2.75) is 71.6 Å². The summed E-state index contributed by atoms with van der Waals surface area (Å²) in [4.78, 5) is 11.1. The van der Waals surface area contributed by atoms with Crippen molar-refractivity contribution in [3.8, 4) is 0 Å². The van der Waals surface area contributed by atoms with Gasteiger partial charge in [0, 0.05) is 18.8 Å². The van der Waals surface area contributed by atoms with Crippen LogP contribution in [-0.2, 0) is 14.3 Å². The molecule has 0 atom stereocenters.